The van der Waals surface area contributed by atoms with Gasteiger partial charge in [-0.25, -0.2) is 0 Å². The second kappa shape index (κ2) is 5.38. The first-order valence-corrected chi connectivity index (χ1v) is 4.97. The summed E-state index contributed by atoms with van der Waals surface area (Å²) in [7, 11) is 0. The van der Waals surface area contributed by atoms with Gasteiger partial charge in [-0.15, -0.1) is 0 Å². The lowest BCUT2D eigenvalue weighted by atomic mass is 10.2. The number of amides is 1. The van der Waals surface area contributed by atoms with Crippen molar-refractivity contribution in [2.45, 2.75) is 19.8 Å². The summed E-state index contributed by atoms with van der Waals surface area (Å²) < 4.78 is 4.95. The molecule has 0 bridgehead atoms. The molecule has 0 saturated heterocycles. The van der Waals surface area contributed by atoms with Crippen molar-refractivity contribution in [3.05, 3.63) is 11.8 Å². The van der Waals surface area contributed by atoms with Crippen molar-refractivity contribution >= 4 is 11.9 Å². The van der Waals surface area contributed by atoms with Gasteiger partial charge in [0.15, 0.2) is 0 Å². The number of carboxylic acids is 1. The van der Waals surface area contributed by atoms with Crippen LogP contribution >= 0.6 is 0 Å². The molecule has 0 radical (unpaired) electrons. The predicted octanol–water partition coefficient (Wildman–Crippen LogP) is 0.614. The van der Waals surface area contributed by atoms with E-state index in [2.05, 4.69) is 0 Å². The van der Waals surface area contributed by atoms with E-state index in [9.17, 15) is 9.59 Å². The largest absolute Gasteiger partial charge is 0.500 e. The van der Waals surface area contributed by atoms with E-state index in [0.717, 1.165) is 6.42 Å². The van der Waals surface area contributed by atoms with Crippen LogP contribution in [0.4, 0.5) is 0 Å². The topological polar surface area (TPSA) is 66.8 Å². The summed E-state index contributed by atoms with van der Waals surface area (Å²) in [6.45, 7) is 2.63. The van der Waals surface area contributed by atoms with E-state index in [0.29, 0.717) is 25.1 Å². The molecule has 0 atom stereocenters. The Hall–Kier alpha value is -1.52. The summed E-state index contributed by atoms with van der Waals surface area (Å²) in [5.74, 6) is -1.21. The molecule has 0 spiro atoms. The van der Waals surface area contributed by atoms with Gasteiger partial charge in [0, 0.05) is 13.0 Å². The molecular formula is C10H15NO4. The number of carbonyl (C=O) groups excluding carboxylic acids is 1. The highest BCUT2D eigenvalue weighted by atomic mass is 16.5. The van der Waals surface area contributed by atoms with Crippen molar-refractivity contribution in [2.24, 2.45) is 0 Å². The fourth-order valence-electron chi connectivity index (χ4n) is 1.43. The van der Waals surface area contributed by atoms with Crippen LogP contribution in [-0.2, 0) is 14.3 Å². The maximum absolute atomic E-state index is 11.8. The van der Waals surface area contributed by atoms with Gasteiger partial charge >= 0.3 is 5.97 Å². The lowest BCUT2D eigenvalue weighted by Gasteiger charge is -2.19. The molecule has 1 heterocycles. The molecular weight excluding hydrogens is 198 g/mol. The summed E-state index contributed by atoms with van der Waals surface area (Å²) in [6, 6.07) is 0. The summed E-state index contributed by atoms with van der Waals surface area (Å²) in [6.07, 6.45) is 2.73. The summed E-state index contributed by atoms with van der Waals surface area (Å²) in [4.78, 5) is 23.7. The van der Waals surface area contributed by atoms with Crippen LogP contribution in [0.5, 0.6) is 0 Å². The third-order valence-electron chi connectivity index (χ3n) is 2.10. The Morgan fingerprint density at radius 1 is 1.60 bits per heavy atom. The van der Waals surface area contributed by atoms with E-state index in [1.165, 1.54) is 11.2 Å². The van der Waals surface area contributed by atoms with E-state index < -0.39 is 5.97 Å². The molecule has 0 aromatic carbocycles. The highest BCUT2D eigenvalue weighted by Crippen LogP contribution is 2.13. The van der Waals surface area contributed by atoms with Crippen LogP contribution in [0.1, 0.15) is 19.8 Å². The number of nitrogens with zero attached hydrogens (tertiary/aromatic N) is 1. The Balaban J connectivity index is 2.61. The Kier molecular flexibility index (Phi) is 4.15. The van der Waals surface area contributed by atoms with E-state index >= 15 is 0 Å². The first-order chi connectivity index (χ1) is 7.15. The van der Waals surface area contributed by atoms with Crippen molar-refractivity contribution in [1.29, 1.82) is 0 Å². The van der Waals surface area contributed by atoms with E-state index in [1.807, 2.05) is 6.92 Å². The van der Waals surface area contributed by atoms with Crippen molar-refractivity contribution < 1.29 is 19.4 Å². The second-order valence-electron chi connectivity index (χ2n) is 3.38. The standard InChI is InChI=1S/C10H15NO4/c1-2-4-11(6-9(12)13)10(14)8-3-5-15-7-8/h7H,2-6H2,1H3,(H,12,13). The molecule has 0 saturated carbocycles. The van der Waals surface area contributed by atoms with Crippen molar-refractivity contribution in [1.82, 2.24) is 4.90 Å². The van der Waals surface area contributed by atoms with Gasteiger partial charge in [-0.3, -0.25) is 9.59 Å². The first kappa shape index (κ1) is 11.6. The fraction of sp³-hybridized carbons (Fsp3) is 0.600. The lowest BCUT2D eigenvalue weighted by Crippen LogP contribution is -2.36. The smallest absolute Gasteiger partial charge is 0.323 e. The average molecular weight is 213 g/mol. The fourth-order valence-corrected chi connectivity index (χ4v) is 1.43. The molecule has 1 aliphatic rings. The molecule has 1 N–H and O–H groups in total. The summed E-state index contributed by atoms with van der Waals surface area (Å²) in [5, 5.41) is 8.66. The minimum Gasteiger partial charge on any atom is -0.500 e. The maximum Gasteiger partial charge on any atom is 0.323 e. The summed E-state index contributed by atoms with van der Waals surface area (Å²) in [5.41, 5.74) is 0.560. The molecule has 5 heteroatoms. The average Bonchev–Trinajstić information content (AvgIpc) is 2.68. The van der Waals surface area contributed by atoms with Crippen LogP contribution < -0.4 is 0 Å². The van der Waals surface area contributed by atoms with Crippen LogP contribution in [-0.4, -0.2) is 41.6 Å². The van der Waals surface area contributed by atoms with E-state index in [1.54, 1.807) is 0 Å². The van der Waals surface area contributed by atoms with Gasteiger partial charge in [0.25, 0.3) is 5.91 Å². The van der Waals surface area contributed by atoms with Crippen molar-refractivity contribution in [3.63, 3.8) is 0 Å². The number of carbonyl (C=O) groups is 2. The van der Waals surface area contributed by atoms with E-state index in [4.69, 9.17) is 9.84 Å². The van der Waals surface area contributed by atoms with Gasteiger partial charge < -0.3 is 14.7 Å². The third-order valence-corrected chi connectivity index (χ3v) is 2.10. The molecule has 5 nitrogen and oxygen atoms in total. The SMILES string of the molecule is CCCN(CC(=O)O)C(=O)C1=COCC1. The molecule has 84 valence electrons. The third kappa shape index (κ3) is 3.27. The Morgan fingerprint density at radius 3 is 2.80 bits per heavy atom. The zero-order valence-corrected chi connectivity index (χ0v) is 8.73. The second-order valence-corrected chi connectivity index (χ2v) is 3.38. The minimum absolute atomic E-state index is 0.225. The number of rotatable bonds is 5. The van der Waals surface area contributed by atoms with Gasteiger partial charge in [-0.05, 0) is 6.42 Å². The Labute approximate surface area is 88.3 Å². The molecule has 0 aliphatic carbocycles. The monoisotopic (exact) mass is 213 g/mol. The molecule has 1 aliphatic heterocycles. The van der Waals surface area contributed by atoms with Crippen molar-refractivity contribution in [2.75, 3.05) is 19.7 Å². The van der Waals surface area contributed by atoms with E-state index in [-0.39, 0.29) is 12.5 Å². The molecule has 15 heavy (non-hydrogen) atoms. The van der Waals surface area contributed by atoms with Gasteiger partial charge in [0.2, 0.25) is 0 Å². The maximum atomic E-state index is 11.8. The molecule has 0 fully saturated rings. The lowest BCUT2D eigenvalue weighted by molar-refractivity contribution is -0.143. The summed E-state index contributed by atoms with van der Waals surface area (Å²) >= 11 is 0. The molecule has 0 aromatic rings. The molecule has 0 aromatic heterocycles. The van der Waals surface area contributed by atoms with Crippen LogP contribution in [0.3, 0.4) is 0 Å². The highest BCUT2D eigenvalue weighted by Gasteiger charge is 2.22. The number of hydrogen-bond acceptors (Lipinski definition) is 3. The minimum atomic E-state index is -0.990. The number of hydrogen-bond donors (Lipinski definition) is 1. The van der Waals surface area contributed by atoms with Crippen LogP contribution in [0.15, 0.2) is 11.8 Å². The quantitative estimate of drug-likeness (QED) is 0.726. The predicted molar refractivity (Wildman–Crippen MR) is 53.2 cm³/mol. The number of aliphatic carboxylic acids is 1. The van der Waals surface area contributed by atoms with Crippen molar-refractivity contribution in [3.8, 4) is 0 Å². The van der Waals surface area contributed by atoms with Gasteiger partial charge in [0.1, 0.15) is 6.54 Å². The van der Waals surface area contributed by atoms with Gasteiger partial charge in [-0.1, -0.05) is 6.92 Å². The first-order valence-electron chi connectivity index (χ1n) is 4.97. The van der Waals surface area contributed by atoms with Crippen LogP contribution in [0.2, 0.25) is 0 Å². The molecule has 1 rings (SSSR count). The number of ether oxygens (including phenoxy) is 1. The van der Waals surface area contributed by atoms with Gasteiger partial charge in [0.05, 0.1) is 18.4 Å². The highest BCUT2D eigenvalue weighted by molar-refractivity contribution is 5.95. The molecule has 0 unspecified atom stereocenters. The Morgan fingerprint density at radius 2 is 2.33 bits per heavy atom. The van der Waals surface area contributed by atoms with Gasteiger partial charge in [-0.2, -0.15) is 0 Å². The Bertz CT molecular complexity index is 285. The van der Waals surface area contributed by atoms with Crippen LogP contribution in [0, 0.1) is 0 Å². The van der Waals surface area contributed by atoms with Crippen LogP contribution in [0.25, 0.3) is 0 Å². The number of carboxylic acid groups (broad SMARTS) is 1. The molecule has 1 amide bonds. The zero-order chi connectivity index (χ0) is 11.3. The zero-order valence-electron chi connectivity index (χ0n) is 8.73. The normalized spacial score (nSPS) is 14.3.